The van der Waals surface area contributed by atoms with Crippen molar-refractivity contribution >= 4 is 11.6 Å². The summed E-state index contributed by atoms with van der Waals surface area (Å²) in [6.07, 6.45) is 5.70. The van der Waals surface area contributed by atoms with Crippen molar-refractivity contribution in [2.24, 2.45) is 0 Å². The largest absolute Gasteiger partial charge is 0.384 e. The maximum atomic E-state index is 12.7. The molecule has 1 aromatic carbocycles. The number of fused-ring (bicyclic) bond motifs is 1. The molecule has 3 nitrogen and oxygen atoms in total. The number of benzene rings is 1. The molecular formula is C16H22N2O. The molecule has 1 amide bonds. The van der Waals surface area contributed by atoms with Gasteiger partial charge in [-0.25, -0.2) is 0 Å². The Kier molecular flexibility index (Phi) is 3.45. The first-order chi connectivity index (χ1) is 9.29. The van der Waals surface area contributed by atoms with Crippen LogP contribution in [-0.4, -0.2) is 29.9 Å². The number of amides is 1. The van der Waals surface area contributed by atoms with E-state index in [1.807, 2.05) is 12.1 Å². The maximum absolute atomic E-state index is 12.7. The molecule has 2 aliphatic rings. The van der Waals surface area contributed by atoms with Gasteiger partial charge in [-0.3, -0.25) is 4.79 Å². The van der Waals surface area contributed by atoms with Gasteiger partial charge in [-0.2, -0.15) is 0 Å². The molecule has 2 heterocycles. The predicted octanol–water partition coefficient (Wildman–Crippen LogP) is 3.06. The Morgan fingerprint density at radius 3 is 3.16 bits per heavy atom. The van der Waals surface area contributed by atoms with Crippen molar-refractivity contribution in [1.82, 2.24) is 4.90 Å². The van der Waals surface area contributed by atoms with Crippen molar-refractivity contribution in [2.45, 2.75) is 45.1 Å². The summed E-state index contributed by atoms with van der Waals surface area (Å²) < 4.78 is 0. The lowest BCUT2D eigenvalue weighted by Gasteiger charge is -2.35. The van der Waals surface area contributed by atoms with Gasteiger partial charge >= 0.3 is 0 Å². The highest BCUT2D eigenvalue weighted by Crippen LogP contribution is 2.26. The number of hydrogen-bond acceptors (Lipinski definition) is 2. The molecule has 3 rings (SSSR count). The zero-order chi connectivity index (χ0) is 13.2. The van der Waals surface area contributed by atoms with Crippen molar-refractivity contribution in [2.75, 3.05) is 18.4 Å². The summed E-state index contributed by atoms with van der Waals surface area (Å²) in [5.74, 6) is 0.211. The molecule has 1 fully saturated rings. The first-order valence-corrected chi connectivity index (χ1v) is 7.47. The summed E-state index contributed by atoms with van der Waals surface area (Å²) in [5.41, 5.74) is 3.33. The Morgan fingerprint density at radius 2 is 2.32 bits per heavy atom. The van der Waals surface area contributed by atoms with Gasteiger partial charge in [0.2, 0.25) is 0 Å². The minimum absolute atomic E-state index is 0.211. The minimum atomic E-state index is 0.211. The highest BCUT2D eigenvalue weighted by Gasteiger charge is 2.26. The fraction of sp³-hybridized carbons (Fsp3) is 0.562. The zero-order valence-electron chi connectivity index (χ0n) is 11.6. The van der Waals surface area contributed by atoms with E-state index < -0.39 is 0 Å². The Morgan fingerprint density at radius 1 is 1.42 bits per heavy atom. The molecule has 0 aromatic heterocycles. The number of piperidine rings is 1. The smallest absolute Gasteiger partial charge is 0.254 e. The summed E-state index contributed by atoms with van der Waals surface area (Å²) in [6, 6.07) is 6.57. The van der Waals surface area contributed by atoms with Crippen LogP contribution in [0.3, 0.4) is 0 Å². The standard InChI is InChI=1S/C16H22N2O/c1-2-14-5-3-4-10-18(14)16(19)13-7-6-12-8-9-17-15(12)11-13/h6-7,11,14,17H,2-5,8-10H2,1H3. The van der Waals surface area contributed by atoms with Gasteiger partial charge in [-0.1, -0.05) is 13.0 Å². The van der Waals surface area contributed by atoms with E-state index in [4.69, 9.17) is 0 Å². The van der Waals surface area contributed by atoms with E-state index in [1.54, 1.807) is 0 Å². The molecule has 0 radical (unpaired) electrons. The third-order valence-electron chi connectivity index (χ3n) is 4.43. The second-order valence-electron chi connectivity index (χ2n) is 5.61. The summed E-state index contributed by atoms with van der Waals surface area (Å²) in [4.78, 5) is 14.8. The third-order valence-corrected chi connectivity index (χ3v) is 4.43. The van der Waals surface area contributed by atoms with Gasteiger partial charge in [0.1, 0.15) is 0 Å². The molecule has 2 aliphatic heterocycles. The van der Waals surface area contributed by atoms with Crippen LogP contribution in [0.2, 0.25) is 0 Å². The predicted molar refractivity (Wildman–Crippen MR) is 77.6 cm³/mol. The third kappa shape index (κ3) is 2.34. The first kappa shape index (κ1) is 12.5. The number of rotatable bonds is 2. The van der Waals surface area contributed by atoms with E-state index in [-0.39, 0.29) is 5.91 Å². The van der Waals surface area contributed by atoms with E-state index >= 15 is 0 Å². The Labute approximate surface area is 115 Å². The molecule has 1 aromatic rings. The van der Waals surface area contributed by atoms with Gasteiger partial charge in [-0.05, 0) is 49.8 Å². The summed E-state index contributed by atoms with van der Waals surface area (Å²) in [5, 5.41) is 3.35. The molecule has 0 spiro atoms. The van der Waals surface area contributed by atoms with Crippen molar-refractivity contribution in [3.05, 3.63) is 29.3 Å². The number of carbonyl (C=O) groups is 1. The van der Waals surface area contributed by atoms with Gasteiger partial charge in [-0.15, -0.1) is 0 Å². The average Bonchev–Trinajstić information content (AvgIpc) is 2.93. The average molecular weight is 258 g/mol. The van der Waals surface area contributed by atoms with Crippen molar-refractivity contribution in [3.63, 3.8) is 0 Å². The molecule has 19 heavy (non-hydrogen) atoms. The molecule has 1 N–H and O–H groups in total. The van der Waals surface area contributed by atoms with Gasteiger partial charge in [0.05, 0.1) is 0 Å². The topological polar surface area (TPSA) is 32.3 Å². The minimum Gasteiger partial charge on any atom is -0.384 e. The molecule has 1 unspecified atom stereocenters. The fourth-order valence-corrected chi connectivity index (χ4v) is 3.28. The van der Waals surface area contributed by atoms with Crippen molar-refractivity contribution in [3.8, 4) is 0 Å². The van der Waals surface area contributed by atoms with E-state index in [2.05, 4.69) is 23.2 Å². The SMILES string of the molecule is CCC1CCCCN1C(=O)c1ccc2c(c1)NCC2. The lowest BCUT2D eigenvalue weighted by molar-refractivity contribution is 0.0608. The number of nitrogens with zero attached hydrogens (tertiary/aromatic N) is 1. The monoisotopic (exact) mass is 258 g/mol. The van der Waals surface area contributed by atoms with Crippen LogP contribution in [0.25, 0.3) is 0 Å². The molecule has 1 saturated heterocycles. The second-order valence-corrected chi connectivity index (χ2v) is 5.61. The van der Waals surface area contributed by atoms with Gasteiger partial charge in [0.15, 0.2) is 0 Å². The lowest BCUT2D eigenvalue weighted by atomic mass is 9.98. The quantitative estimate of drug-likeness (QED) is 0.884. The van der Waals surface area contributed by atoms with E-state index in [1.165, 1.54) is 12.0 Å². The fourth-order valence-electron chi connectivity index (χ4n) is 3.28. The molecule has 0 saturated carbocycles. The number of hydrogen-bond donors (Lipinski definition) is 1. The number of carbonyl (C=O) groups excluding carboxylic acids is 1. The van der Waals surface area contributed by atoms with Crippen LogP contribution < -0.4 is 5.32 Å². The van der Waals surface area contributed by atoms with Crippen LogP contribution in [0.5, 0.6) is 0 Å². The summed E-state index contributed by atoms with van der Waals surface area (Å²) in [7, 11) is 0. The highest BCUT2D eigenvalue weighted by molar-refractivity contribution is 5.95. The van der Waals surface area contributed by atoms with Crippen LogP contribution in [0.4, 0.5) is 5.69 Å². The highest BCUT2D eigenvalue weighted by atomic mass is 16.2. The van der Waals surface area contributed by atoms with E-state index in [9.17, 15) is 4.79 Å². The van der Waals surface area contributed by atoms with Gasteiger partial charge in [0, 0.05) is 30.4 Å². The normalized spacial score (nSPS) is 21.9. The van der Waals surface area contributed by atoms with Gasteiger partial charge in [0.25, 0.3) is 5.91 Å². The Balaban J connectivity index is 1.82. The Bertz CT molecular complexity index is 484. The molecule has 3 heteroatoms. The lowest BCUT2D eigenvalue weighted by Crippen LogP contribution is -2.43. The molecule has 0 aliphatic carbocycles. The molecular weight excluding hydrogens is 236 g/mol. The van der Waals surface area contributed by atoms with Crippen LogP contribution in [0, 0.1) is 0 Å². The Hall–Kier alpha value is -1.51. The first-order valence-electron chi connectivity index (χ1n) is 7.47. The summed E-state index contributed by atoms with van der Waals surface area (Å²) in [6.45, 7) is 4.09. The maximum Gasteiger partial charge on any atom is 0.254 e. The number of anilines is 1. The second kappa shape index (κ2) is 5.24. The van der Waals surface area contributed by atoms with Crippen molar-refractivity contribution < 1.29 is 4.79 Å². The van der Waals surface area contributed by atoms with Crippen LogP contribution in [0.15, 0.2) is 18.2 Å². The van der Waals surface area contributed by atoms with Crippen LogP contribution in [-0.2, 0) is 6.42 Å². The number of likely N-dealkylation sites (tertiary alicyclic amines) is 1. The summed E-state index contributed by atoms with van der Waals surface area (Å²) >= 11 is 0. The zero-order valence-corrected chi connectivity index (χ0v) is 11.6. The van der Waals surface area contributed by atoms with Gasteiger partial charge < -0.3 is 10.2 Å². The van der Waals surface area contributed by atoms with Crippen LogP contribution in [0.1, 0.15) is 48.5 Å². The van der Waals surface area contributed by atoms with Crippen molar-refractivity contribution in [1.29, 1.82) is 0 Å². The van der Waals surface area contributed by atoms with Crippen LogP contribution >= 0.6 is 0 Å². The van der Waals surface area contributed by atoms with E-state index in [0.29, 0.717) is 6.04 Å². The number of nitrogens with one attached hydrogen (secondary N) is 1. The molecule has 0 bridgehead atoms. The molecule has 1 atom stereocenters. The van der Waals surface area contributed by atoms with E-state index in [0.717, 1.165) is 50.0 Å². The molecule has 102 valence electrons.